The van der Waals surface area contributed by atoms with E-state index in [0.29, 0.717) is 13.0 Å². The van der Waals surface area contributed by atoms with E-state index in [4.69, 9.17) is 4.74 Å². The van der Waals surface area contributed by atoms with E-state index in [1.165, 1.54) is 173 Å². The molecule has 2 atom stereocenters. The summed E-state index contributed by atoms with van der Waals surface area (Å²) in [4.78, 5) is 12.4. The van der Waals surface area contributed by atoms with Gasteiger partial charge in [0.2, 0.25) is 5.91 Å². The molecule has 44 heavy (non-hydrogen) atoms. The molecular formula is C40H81NO3. The molecule has 0 heterocycles. The molecule has 4 heteroatoms. The van der Waals surface area contributed by atoms with E-state index in [0.717, 1.165) is 31.8 Å². The van der Waals surface area contributed by atoms with Gasteiger partial charge in [0.1, 0.15) is 0 Å². The SMILES string of the molecule is CCCCCCCCCCCCCC(=O)NC(CO)COCC[C@H](CCCCCCC)CCCCCCCCCCCCC. The molecule has 0 radical (unpaired) electrons. The van der Waals surface area contributed by atoms with Gasteiger partial charge in [-0.05, 0) is 18.8 Å². The Balaban J connectivity index is 4.02. The van der Waals surface area contributed by atoms with Gasteiger partial charge >= 0.3 is 0 Å². The van der Waals surface area contributed by atoms with Crippen molar-refractivity contribution in [3.8, 4) is 0 Å². The fraction of sp³-hybridized carbons (Fsp3) is 0.975. The van der Waals surface area contributed by atoms with E-state index in [1.54, 1.807) is 0 Å². The summed E-state index contributed by atoms with van der Waals surface area (Å²) < 4.78 is 6.01. The van der Waals surface area contributed by atoms with Crippen LogP contribution in [0.3, 0.4) is 0 Å². The van der Waals surface area contributed by atoms with Crippen LogP contribution < -0.4 is 5.32 Å². The highest BCUT2D eigenvalue weighted by molar-refractivity contribution is 5.76. The first-order valence-corrected chi connectivity index (χ1v) is 20.2. The summed E-state index contributed by atoms with van der Waals surface area (Å²) in [5.74, 6) is 0.809. The lowest BCUT2D eigenvalue weighted by Crippen LogP contribution is -2.40. The Hall–Kier alpha value is -0.610. The molecule has 1 unspecified atom stereocenters. The van der Waals surface area contributed by atoms with Crippen molar-refractivity contribution < 1.29 is 14.6 Å². The maximum absolute atomic E-state index is 12.4. The van der Waals surface area contributed by atoms with Crippen molar-refractivity contribution in [2.45, 2.75) is 226 Å². The number of rotatable bonds is 37. The van der Waals surface area contributed by atoms with Crippen molar-refractivity contribution in [1.82, 2.24) is 5.32 Å². The summed E-state index contributed by atoms with van der Waals surface area (Å²) in [5, 5.41) is 12.8. The lowest BCUT2D eigenvalue weighted by Gasteiger charge is -2.19. The number of nitrogens with one attached hydrogen (secondary N) is 1. The molecule has 0 aromatic rings. The third-order valence-corrected chi connectivity index (χ3v) is 9.51. The van der Waals surface area contributed by atoms with E-state index in [9.17, 15) is 9.90 Å². The van der Waals surface area contributed by atoms with Gasteiger partial charge in [0, 0.05) is 13.0 Å². The Morgan fingerprint density at radius 3 is 1.27 bits per heavy atom. The predicted octanol–water partition coefficient (Wildman–Crippen LogP) is 12.2. The van der Waals surface area contributed by atoms with Gasteiger partial charge in [-0.2, -0.15) is 0 Å². The Kier molecular flexibility index (Phi) is 36.3. The second-order valence-electron chi connectivity index (χ2n) is 14.0. The molecular weight excluding hydrogens is 542 g/mol. The normalized spacial score (nSPS) is 12.9. The molecule has 0 fully saturated rings. The average molecular weight is 624 g/mol. The van der Waals surface area contributed by atoms with Crippen molar-refractivity contribution in [3.05, 3.63) is 0 Å². The third kappa shape index (κ3) is 32.8. The van der Waals surface area contributed by atoms with Crippen LogP contribution in [-0.2, 0) is 9.53 Å². The summed E-state index contributed by atoms with van der Waals surface area (Å²) in [6, 6.07) is -0.283. The molecule has 0 rings (SSSR count). The molecule has 0 aromatic heterocycles. The molecule has 0 aromatic carbocycles. The first kappa shape index (κ1) is 43.4. The van der Waals surface area contributed by atoms with Gasteiger partial charge < -0.3 is 15.2 Å². The summed E-state index contributed by atoms with van der Waals surface area (Å²) in [6.45, 7) is 7.95. The topological polar surface area (TPSA) is 58.6 Å². The van der Waals surface area contributed by atoms with E-state index in [-0.39, 0.29) is 18.6 Å². The smallest absolute Gasteiger partial charge is 0.220 e. The van der Waals surface area contributed by atoms with Crippen LogP contribution in [0.4, 0.5) is 0 Å². The summed E-state index contributed by atoms with van der Waals surface area (Å²) in [7, 11) is 0. The van der Waals surface area contributed by atoms with E-state index in [1.807, 2.05) is 0 Å². The molecule has 0 saturated heterocycles. The molecule has 0 saturated carbocycles. The number of aliphatic hydroxyl groups is 1. The Morgan fingerprint density at radius 2 is 0.886 bits per heavy atom. The maximum Gasteiger partial charge on any atom is 0.220 e. The van der Waals surface area contributed by atoms with Crippen molar-refractivity contribution in [2.75, 3.05) is 19.8 Å². The lowest BCUT2D eigenvalue weighted by atomic mass is 9.91. The second kappa shape index (κ2) is 36.9. The first-order valence-electron chi connectivity index (χ1n) is 20.2. The Morgan fingerprint density at radius 1 is 0.523 bits per heavy atom. The second-order valence-corrected chi connectivity index (χ2v) is 14.0. The van der Waals surface area contributed by atoms with Crippen LogP contribution in [0.1, 0.15) is 220 Å². The summed E-state index contributed by atoms with van der Waals surface area (Å²) >= 11 is 0. The van der Waals surface area contributed by atoms with Gasteiger partial charge in [-0.15, -0.1) is 0 Å². The van der Waals surface area contributed by atoms with E-state index in [2.05, 4.69) is 26.1 Å². The van der Waals surface area contributed by atoms with Crippen molar-refractivity contribution >= 4 is 5.91 Å². The molecule has 2 N–H and O–H groups in total. The van der Waals surface area contributed by atoms with Crippen molar-refractivity contribution in [3.63, 3.8) is 0 Å². The molecule has 0 aliphatic heterocycles. The zero-order chi connectivity index (χ0) is 32.2. The van der Waals surface area contributed by atoms with E-state index >= 15 is 0 Å². The minimum Gasteiger partial charge on any atom is -0.394 e. The van der Waals surface area contributed by atoms with Crippen LogP contribution in [0.5, 0.6) is 0 Å². The quantitative estimate of drug-likeness (QED) is 0.0677. The molecule has 264 valence electrons. The molecule has 0 aliphatic rings. The highest BCUT2D eigenvalue weighted by atomic mass is 16.5. The number of ether oxygens (including phenoxy) is 1. The zero-order valence-electron chi connectivity index (χ0n) is 30.5. The number of carbonyl (C=O) groups is 1. The van der Waals surface area contributed by atoms with E-state index < -0.39 is 0 Å². The Bertz CT molecular complexity index is 555. The van der Waals surface area contributed by atoms with Crippen LogP contribution in [0.25, 0.3) is 0 Å². The Labute approximate surface area is 277 Å². The molecule has 0 spiro atoms. The molecule has 4 nitrogen and oxygen atoms in total. The predicted molar refractivity (Wildman–Crippen MR) is 193 cm³/mol. The van der Waals surface area contributed by atoms with Crippen molar-refractivity contribution in [2.24, 2.45) is 5.92 Å². The van der Waals surface area contributed by atoms with Gasteiger partial charge in [0.05, 0.1) is 19.3 Å². The maximum atomic E-state index is 12.4. The largest absolute Gasteiger partial charge is 0.394 e. The van der Waals surface area contributed by atoms with Gasteiger partial charge in [-0.3, -0.25) is 4.79 Å². The minimum atomic E-state index is -0.283. The van der Waals surface area contributed by atoms with Crippen LogP contribution >= 0.6 is 0 Å². The number of amides is 1. The monoisotopic (exact) mass is 624 g/mol. The lowest BCUT2D eigenvalue weighted by molar-refractivity contribution is -0.122. The molecule has 1 amide bonds. The fourth-order valence-corrected chi connectivity index (χ4v) is 6.43. The summed E-state index contributed by atoms with van der Waals surface area (Å²) in [5.41, 5.74) is 0. The number of aliphatic hydroxyl groups excluding tert-OH is 1. The third-order valence-electron chi connectivity index (χ3n) is 9.51. The highest BCUT2D eigenvalue weighted by Gasteiger charge is 2.13. The molecule has 0 aliphatic carbocycles. The van der Waals surface area contributed by atoms with Crippen LogP contribution in [0.15, 0.2) is 0 Å². The molecule has 0 bridgehead atoms. The van der Waals surface area contributed by atoms with Gasteiger partial charge in [-0.25, -0.2) is 0 Å². The van der Waals surface area contributed by atoms with Gasteiger partial charge in [-0.1, -0.05) is 201 Å². The van der Waals surface area contributed by atoms with Crippen LogP contribution in [0, 0.1) is 5.92 Å². The standard InChI is InChI=1S/C40H81NO3/c1-4-7-10-13-15-17-19-21-23-26-29-32-38(31-28-25-12-9-6-3)34-35-44-37-39(36-42)41-40(43)33-30-27-24-22-20-18-16-14-11-8-5-2/h38-39,42H,4-37H2,1-3H3,(H,41,43)/t38-,39?/m1/s1. The number of carbonyl (C=O) groups excluding carboxylic acids is 1. The van der Waals surface area contributed by atoms with Crippen LogP contribution in [-0.4, -0.2) is 36.9 Å². The van der Waals surface area contributed by atoms with Crippen LogP contribution in [0.2, 0.25) is 0 Å². The minimum absolute atomic E-state index is 0.0520. The number of hydrogen-bond donors (Lipinski definition) is 2. The highest BCUT2D eigenvalue weighted by Crippen LogP contribution is 2.22. The number of unbranched alkanes of at least 4 members (excludes halogenated alkanes) is 24. The first-order chi connectivity index (χ1) is 21.7. The van der Waals surface area contributed by atoms with Gasteiger partial charge in [0.25, 0.3) is 0 Å². The average Bonchev–Trinajstić information content (AvgIpc) is 3.03. The fourth-order valence-electron chi connectivity index (χ4n) is 6.43. The zero-order valence-corrected chi connectivity index (χ0v) is 30.5. The van der Waals surface area contributed by atoms with Crippen molar-refractivity contribution in [1.29, 1.82) is 0 Å². The summed E-state index contributed by atoms with van der Waals surface area (Å²) in [6.07, 6.45) is 40.6. The number of hydrogen-bond acceptors (Lipinski definition) is 3. The van der Waals surface area contributed by atoms with Gasteiger partial charge in [0.15, 0.2) is 0 Å².